The largest absolute Gasteiger partial charge is 0.280 e. The van der Waals surface area contributed by atoms with Crippen molar-refractivity contribution in [2.75, 3.05) is 9.44 Å². The Labute approximate surface area is 253 Å². The smallest absolute Gasteiger partial charge is 0.262 e. The van der Waals surface area contributed by atoms with Gasteiger partial charge in [0.2, 0.25) is 0 Å². The Morgan fingerprint density at radius 1 is 0.558 bits per heavy atom. The van der Waals surface area contributed by atoms with E-state index >= 15 is 0 Å². The lowest BCUT2D eigenvalue weighted by atomic mass is 10.0. The van der Waals surface area contributed by atoms with E-state index in [9.17, 15) is 16.8 Å². The maximum absolute atomic E-state index is 13.7. The highest BCUT2D eigenvalue weighted by atomic mass is 32.2. The molecule has 6 nitrogen and oxygen atoms in total. The van der Waals surface area contributed by atoms with Gasteiger partial charge in [-0.15, -0.1) is 11.3 Å². The molecule has 1 heterocycles. The van der Waals surface area contributed by atoms with Crippen LogP contribution in [-0.4, -0.2) is 16.8 Å². The summed E-state index contributed by atoms with van der Waals surface area (Å²) in [4.78, 5) is 0.346. The second-order valence-electron chi connectivity index (χ2n) is 10.7. The van der Waals surface area contributed by atoms with Gasteiger partial charge in [-0.25, -0.2) is 16.8 Å². The summed E-state index contributed by atoms with van der Waals surface area (Å²) in [6.45, 7) is 3.89. The summed E-state index contributed by atoms with van der Waals surface area (Å²) < 4.78 is 61.2. The second-order valence-corrected chi connectivity index (χ2v) is 15.0. The van der Waals surface area contributed by atoms with Crippen LogP contribution in [0, 0.1) is 13.8 Å². The molecule has 0 aliphatic rings. The first-order chi connectivity index (χ1) is 20.6. The van der Waals surface area contributed by atoms with Gasteiger partial charge >= 0.3 is 0 Å². The number of sulfonamides is 2. The van der Waals surface area contributed by atoms with Gasteiger partial charge in [0.1, 0.15) is 0 Å². The first-order valence-corrected chi connectivity index (χ1v) is 17.4. The molecule has 214 valence electrons. The third-order valence-electron chi connectivity index (χ3n) is 7.60. The molecule has 7 aromatic rings. The first kappa shape index (κ1) is 27.4. The van der Waals surface area contributed by atoms with E-state index in [1.165, 1.54) is 11.3 Å². The number of rotatable bonds is 6. The number of hydrogen-bond donors (Lipinski definition) is 2. The fraction of sp³-hybridized carbons (Fsp3) is 0.0588. The van der Waals surface area contributed by atoms with Gasteiger partial charge < -0.3 is 0 Å². The van der Waals surface area contributed by atoms with Crippen molar-refractivity contribution in [2.24, 2.45) is 0 Å². The minimum atomic E-state index is -3.91. The molecule has 0 atom stereocenters. The number of hydrogen-bond acceptors (Lipinski definition) is 5. The predicted molar refractivity (Wildman–Crippen MR) is 178 cm³/mol. The Kier molecular flexibility index (Phi) is 6.42. The minimum Gasteiger partial charge on any atom is -0.280 e. The summed E-state index contributed by atoms with van der Waals surface area (Å²) in [6, 6.07) is 32.7. The Morgan fingerprint density at radius 3 is 1.79 bits per heavy atom. The summed E-state index contributed by atoms with van der Waals surface area (Å²) in [6.07, 6.45) is 0. The van der Waals surface area contributed by atoms with Crippen molar-refractivity contribution in [1.29, 1.82) is 0 Å². The van der Waals surface area contributed by atoms with Crippen LogP contribution in [0.1, 0.15) is 11.1 Å². The van der Waals surface area contributed by atoms with Gasteiger partial charge in [-0.3, -0.25) is 9.44 Å². The molecular formula is C34H26N2O4S3. The third kappa shape index (κ3) is 4.89. The van der Waals surface area contributed by atoms with Crippen LogP contribution >= 0.6 is 11.3 Å². The molecule has 0 saturated carbocycles. The number of fused-ring (bicyclic) bond motifs is 7. The predicted octanol–water partition coefficient (Wildman–Crippen LogP) is 8.58. The molecule has 0 amide bonds. The van der Waals surface area contributed by atoms with Gasteiger partial charge in [0.05, 0.1) is 9.79 Å². The average Bonchev–Trinajstić information content (AvgIpc) is 3.38. The van der Waals surface area contributed by atoms with E-state index in [0.29, 0.717) is 16.8 Å². The molecule has 0 aliphatic carbocycles. The van der Waals surface area contributed by atoms with Gasteiger partial charge in [-0.05, 0) is 67.1 Å². The molecule has 0 aliphatic heterocycles. The van der Waals surface area contributed by atoms with E-state index in [2.05, 4.69) is 9.44 Å². The normalized spacial score (nSPS) is 12.3. The van der Waals surface area contributed by atoms with Gasteiger partial charge in [0.25, 0.3) is 20.0 Å². The molecule has 0 bridgehead atoms. The zero-order chi connectivity index (χ0) is 29.9. The molecule has 7 rings (SSSR count). The van der Waals surface area contributed by atoms with Crippen molar-refractivity contribution >= 4 is 84.5 Å². The van der Waals surface area contributed by atoms with E-state index in [4.69, 9.17) is 0 Å². The van der Waals surface area contributed by atoms with Crippen LogP contribution in [0.3, 0.4) is 0 Å². The molecule has 1 aromatic heterocycles. The summed E-state index contributed by atoms with van der Waals surface area (Å²) in [5.74, 6) is 0. The van der Waals surface area contributed by atoms with Crippen molar-refractivity contribution in [1.82, 2.24) is 0 Å². The van der Waals surface area contributed by atoms with Crippen LogP contribution in [0.4, 0.5) is 11.4 Å². The van der Waals surface area contributed by atoms with Crippen LogP contribution in [0.5, 0.6) is 0 Å². The molecule has 9 heteroatoms. The molecule has 6 aromatic carbocycles. The standard InChI is InChI=1S/C34H26N2O4S3/c1-21-7-13-24(14-8-21)35-42(37,38)26-17-11-23-12-18-29-33-28-6-4-3-5-27(28)32(20-31(33)41-34(29)30(23)19-26)43(39,40)36-25-15-9-22(2)10-16-25/h3-20,35-36H,1-2H3. The maximum Gasteiger partial charge on any atom is 0.262 e. The van der Waals surface area contributed by atoms with Crippen LogP contribution in [0.15, 0.2) is 119 Å². The SMILES string of the molecule is Cc1ccc(NS(=O)(=O)c2ccc3ccc4c(sc5cc(S(=O)(=O)Nc6ccc(C)cc6)c6ccccc6c54)c3c2)cc1. The molecule has 2 N–H and O–H groups in total. The fourth-order valence-corrected chi connectivity index (χ4v) is 9.16. The van der Waals surface area contributed by atoms with Crippen molar-refractivity contribution in [2.45, 2.75) is 23.6 Å². The number of nitrogens with one attached hydrogen (secondary N) is 2. The zero-order valence-electron chi connectivity index (χ0n) is 23.3. The molecule has 0 saturated heterocycles. The van der Waals surface area contributed by atoms with Gasteiger partial charge in [0.15, 0.2) is 0 Å². The molecule has 0 spiro atoms. The molecule has 43 heavy (non-hydrogen) atoms. The topological polar surface area (TPSA) is 92.3 Å². The van der Waals surface area contributed by atoms with E-state index in [-0.39, 0.29) is 9.79 Å². The molecule has 0 fully saturated rings. The fourth-order valence-electron chi connectivity index (χ4n) is 5.42. The van der Waals surface area contributed by atoms with Crippen LogP contribution in [-0.2, 0) is 20.0 Å². The van der Waals surface area contributed by atoms with Crippen LogP contribution < -0.4 is 9.44 Å². The van der Waals surface area contributed by atoms with E-state index in [1.54, 1.807) is 42.5 Å². The second kappa shape index (κ2) is 10.1. The van der Waals surface area contributed by atoms with E-state index < -0.39 is 20.0 Å². The van der Waals surface area contributed by atoms with E-state index in [1.807, 2.05) is 80.6 Å². The molecule has 0 radical (unpaired) electrons. The monoisotopic (exact) mass is 622 g/mol. The Bertz CT molecular complexity index is 2430. The average molecular weight is 623 g/mol. The lowest BCUT2D eigenvalue weighted by molar-refractivity contribution is 0.600. The first-order valence-electron chi connectivity index (χ1n) is 13.6. The highest BCUT2D eigenvalue weighted by molar-refractivity contribution is 7.93. The maximum atomic E-state index is 13.7. The lowest BCUT2D eigenvalue weighted by Crippen LogP contribution is -2.13. The summed E-state index contributed by atoms with van der Waals surface area (Å²) in [5, 5.41) is 5.01. The number of anilines is 2. The van der Waals surface area contributed by atoms with Crippen molar-refractivity contribution < 1.29 is 16.8 Å². The number of aryl methyl sites for hydroxylation is 2. The lowest BCUT2D eigenvalue weighted by Gasteiger charge is -2.12. The Hall–Kier alpha value is -4.44. The third-order valence-corrected chi connectivity index (χ3v) is 11.6. The van der Waals surface area contributed by atoms with Gasteiger partial charge in [-0.1, -0.05) is 77.9 Å². The molecular weight excluding hydrogens is 597 g/mol. The summed E-state index contributed by atoms with van der Waals surface area (Å²) in [5.41, 5.74) is 3.06. The van der Waals surface area contributed by atoms with Crippen LogP contribution in [0.25, 0.3) is 41.7 Å². The minimum absolute atomic E-state index is 0.154. The zero-order valence-corrected chi connectivity index (χ0v) is 25.7. The van der Waals surface area contributed by atoms with Gasteiger partial charge in [-0.2, -0.15) is 0 Å². The summed E-state index contributed by atoms with van der Waals surface area (Å²) >= 11 is 1.46. The Morgan fingerprint density at radius 2 is 1.14 bits per heavy atom. The highest BCUT2D eigenvalue weighted by Crippen LogP contribution is 2.44. The van der Waals surface area contributed by atoms with Crippen molar-refractivity contribution in [3.05, 3.63) is 120 Å². The van der Waals surface area contributed by atoms with Crippen molar-refractivity contribution in [3.63, 3.8) is 0 Å². The van der Waals surface area contributed by atoms with Gasteiger partial charge in [0, 0.05) is 42.3 Å². The summed E-state index contributed by atoms with van der Waals surface area (Å²) in [7, 11) is -7.76. The van der Waals surface area contributed by atoms with Crippen LogP contribution in [0.2, 0.25) is 0 Å². The highest BCUT2D eigenvalue weighted by Gasteiger charge is 2.23. The Balaban J connectivity index is 1.41. The van der Waals surface area contributed by atoms with Crippen molar-refractivity contribution in [3.8, 4) is 0 Å². The number of benzene rings is 6. The number of thiophene rings is 1. The molecule has 0 unspecified atom stereocenters. The van der Waals surface area contributed by atoms with E-state index in [0.717, 1.165) is 47.5 Å². The quantitative estimate of drug-likeness (QED) is 0.194.